The predicted molar refractivity (Wildman–Crippen MR) is 92.1 cm³/mol. The van der Waals surface area contributed by atoms with E-state index in [4.69, 9.17) is 0 Å². The van der Waals surface area contributed by atoms with Crippen LogP contribution in [0.5, 0.6) is 0 Å². The minimum Gasteiger partial charge on any atom is -0.363 e. The lowest BCUT2D eigenvalue weighted by Gasteiger charge is -2.25. The number of hydrogen-bond acceptors (Lipinski definition) is 3. The second kappa shape index (κ2) is 6.63. The molecule has 1 aliphatic rings. The van der Waals surface area contributed by atoms with E-state index in [1.807, 2.05) is 11.3 Å². The van der Waals surface area contributed by atoms with Gasteiger partial charge in [0, 0.05) is 22.6 Å². The van der Waals surface area contributed by atoms with Crippen molar-refractivity contribution in [3.05, 3.63) is 52.2 Å². The van der Waals surface area contributed by atoms with Gasteiger partial charge in [0.15, 0.2) is 0 Å². The Morgan fingerprint density at radius 1 is 1.24 bits per heavy atom. The summed E-state index contributed by atoms with van der Waals surface area (Å²) < 4.78 is 0. The van der Waals surface area contributed by atoms with Crippen LogP contribution in [0.15, 0.2) is 41.8 Å². The standard InChI is InChI=1S/C18H24N2S/c1-3-19-14(2)15-6-8-16(9-7-15)20(17-10-11-17)13-18-5-4-12-21-18/h4-9,12,14,17,19H,3,10-11,13H2,1-2H3. The van der Waals surface area contributed by atoms with Crippen LogP contribution >= 0.6 is 11.3 Å². The van der Waals surface area contributed by atoms with Crippen LogP contribution in [0, 0.1) is 0 Å². The normalized spacial score (nSPS) is 15.9. The highest BCUT2D eigenvalue weighted by Crippen LogP contribution is 2.34. The van der Waals surface area contributed by atoms with E-state index >= 15 is 0 Å². The lowest BCUT2D eigenvalue weighted by atomic mass is 10.1. The van der Waals surface area contributed by atoms with Crippen molar-refractivity contribution in [3.8, 4) is 0 Å². The quantitative estimate of drug-likeness (QED) is 0.804. The fourth-order valence-electron chi connectivity index (χ4n) is 2.77. The molecule has 2 aromatic rings. The van der Waals surface area contributed by atoms with E-state index in [0.29, 0.717) is 6.04 Å². The average molecular weight is 300 g/mol. The zero-order valence-electron chi connectivity index (χ0n) is 12.9. The molecule has 0 radical (unpaired) electrons. The van der Waals surface area contributed by atoms with Crippen LogP contribution in [0.25, 0.3) is 0 Å². The molecule has 1 unspecified atom stereocenters. The summed E-state index contributed by atoms with van der Waals surface area (Å²) in [5, 5.41) is 5.64. The van der Waals surface area contributed by atoms with Crippen LogP contribution in [-0.2, 0) is 6.54 Å². The first-order valence-corrected chi connectivity index (χ1v) is 8.78. The van der Waals surface area contributed by atoms with Crippen LogP contribution in [0.2, 0.25) is 0 Å². The molecular formula is C18H24N2S. The Bertz CT molecular complexity index is 543. The molecule has 0 amide bonds. The van der Waals surface area contributed by atoms with E-state index in [1.165, 1.54) is 29.0 Å². The Morgan fingerprint density at radius 2 is 2.00 bits per heavy atom. The Labute approximate surface area is 131 Å². The van der Waals surface area contributed by atoms with Gasteiger partial charge >= 0.3 is 0 Å². The molecule has 112 valence electrons. The fourth-order valence-corrected chi connectivity index (χ4v) is 3.47. The SMILES string of the molecule is CCNC(C)c1ccc(N(Cc2cccs2)C2CC2)cc1. The van der Waals surface area contributed by atoms with Crippen molar-refractivity contribution in [1.29, 1.82) is 0 Å². The van der Waals surface area contributed by atoms with Crippen LogP contribution in [-0.4, -0.2) is 12.6 Å². The predicted octanol–water partition coefficient (Wildman–Crippen LogP) is 4.59. The van der Waals surface area contributed by atoms with E-state index in [1.54, 1.807) is 0 Å². The zero-order chi connectivity index (χ0) is 14.7. The molecule has 1 atom stereocenters. The van der Waals surface area contributed by atoms with Crippen molar-refractivity contribution in [1.82, 2.24) is 5.32 Å². The van der Waals surface area contributed by atoms with E-state index in [0.717, 1.165) is 19.1 Å². The molecule has 2 nitrogen and oxygen atoms in total. The second-order valence-electron chi connectivity index (χ2n) is 5.81. The van der Waals surface area contributed by atoms with Crippen molar-refractivity contribution in [2.45, 2.75) is 45.3 Å². The molecule has 3 heteroatoms. The third kappa shape index (κ3) is 3.66. The van der Waals surface area contributed by atoms with Gasteiger partial charge in [0.25, 0.3) is 0 Å². The van der Waals surface area contributed by atoms with Gasteiger partial charge in [-0.15, -0.1) is 11.3 Å². The summed E-state index contributed by atoms with van der Waals surface area (Å²) in [7, 11) is 0. The summed E-state index contributed by atoms with van der Waals surface area (Å²) in [5.41, 5.74) is 2.73. The summed E-state index contributed by atoms with van der Waals surface area (Å²) in [5.74, 6) is 0. The summed E-state index contributed by atoms with van der Waals surface area (Å²) in [4.78, 5) is 4.01. The number of nitrogens with one attached hydrogen (secondary N) is 1. The van der Waals surface area contributed by atoms with Crippen LogP contribution in [0.3, 0.4) is 0 Å². The first-order chi connectivity index (χ1) is 10.3. The first-order valence-electron chi connectivity index (χ1n) is 7.90. The van der Waals surface area contributed by atoms with E-state index in [9.17, 15) is 0 Å². The number of nitrogens with zero attached hydrogens (tertiary/aromatic N) is 1. The Hall–Kier alpha value is -1.32. The molecule has 1 aromatic carbocycles. The van der Waals surface area contributed by atoms with Gasteiger partial charge in [0.2, 0.25) is 0 Å². The van der Waals surface area contributed by atoms with Gasteiger partial charge in [-0.25, -0.2) is 0 Å². The van der Waals surface area contributed by atoms with Gasteiger partial charge in [-0.1, -0.05) is 25.1 Å². The minimum absolute atomic E-state index is 0.427. The largest absolute Gasteiger partial charge is 0.363 e. The molecule has 3 rings (SSSR count). The molecular weight excluding hydrogens is 276 g/mol. The molecule has 21 heavy (non-hydrogen) atoms. The number of benzene rings is 1. The molecule has 0 bridgehead atoms. The Balaban J connectivity index is 1.74. The molecule has 1 heterocycles. The summed E-state index contributed by atoms with van der Waals surface area (Å²) >= 11 is 1.85. The summed E-state index contributed by atoms with van der Waals surface area (Å²) in [6, 6.07) is 14.7. The lowest BCUT2D eigenvalue weighted by molar-refractivity contribution is 0.598. The highest BCUT2D eigenvalue weighted by molar-refractivity contribution is 7.09. The highest BCUT2D eigenvalue weighted by Gasteiger charge is 2.29. The van der Waals surface area contributed by atoms with E-state index in [-0.39, 0.29) is 0 Å². The smallest absolute Gasteiger partial charge is 0.0525 e. The first kappa shape index (κ1) is 14.6. The van der Waals surface area contributed by atoms with Crippen LogP contribution < -0.4 is 10.2 Å². The van der Waals surface area contributed by atoms with Crippen molar-refractivity contribution >= 4 is 17.0 Å². The van der Waals surface area contributed by atoms with Crippen molar-refractivity contribution < 1.29 is 0 Å². The van der Waals surface area contributed by atoms with Gasteiger partial charge in [0.05, 0.1) is 6.54 Å². The zero-order valence-corrected chi connectivity index (χ0v) is 13.7. The summed E-state index contributed by atoms with van der Waals surface area (Å²) in [6.45, 7) is 6.43. The number of hydrogen-bond donors (Lipinski definition) is 1. The molecule has 1 saturated carbocycles. The Morgan fingerprint density at radius 3 is 2.57 bits per heavy atom. The van der Waals surface area contributed by atoms with Crippen molar-refractivity contribution in [2.75, 3.05) is 11.4 Å². The molecule has 0 spiro atoms. The van der Waals surface area contributed by atoms with Crippen molar-refractivity contribution in [2.24, 2.45) is 0 Å². The van der Waals surface area contributed by atoms with Gasteiger partial charge in [-0.2, -0.15) is 0 Å². The molecule has 1 aliphatic carbocycles. The topological polar surface area (TPSA) is 15.3 Å². The highest BCUT2D eigenvalue weighted by atomic mass is 32.1. The van der Waals surface area contributed by atoms with Gasteiger partial charge in [-0.05, 0) is 55.5 Å². The third-order valence-electron chi connectivity index (χ3n) is 4.13. The van der Waals surface area contributed by atoms with Crippen molar-refractivity contribution in [3.63, 3.8) is 0 Å². The molecule has 0 aliphatic heterocycles. The third-order valence-corrected chi connectivity index (χ3v) is 4.99. The maximum absolute atomic E-state index is 3.47. The maximum Gasteiger partial charge on any atom is 0.0525 e. The van der Waals surface area contributed by atoms with Gasteiger partial charge in [-0.3, -0.25) is 0 Å². The number of anilines is 1. The Kier molecular flexibility index (Phi) is 4.61. The van der Waals surface area contributed by atoms with Crippen LogP contribution in [0.4, 0.5) is 5.69 Å². The lowest BCUT2D eigenvalue weighted by Crippen LogP contribution is -2.24. The number of thiophene rings is 1. The minimum atomic E-state index is 0.427. The average Bonchev–Trinajstić information content (AvgIpc) is 3.22. The van der Waals surface area contributed by atoms with E-state index in [2.05, 4.69) is 65.8 Å². The monoisotopic (exact) mass is 300 g/mol. The molecule has 1 aromatic heterocycles. The van der Waals surface area contributed by atoms with Crippen LogP contribution in [0.1, 0.15) is 43.2 Å². The second-order valence-corrected chi connectivity index (χ2v) is 6.84. The maximum atomic E-state index is 3.47. The molecule has 1 N–H and O–H groups in total. The summed E-state index contributed by atoms with van der Waals surface area (Å²) in [6.07, 6.45) is 2.67. The van der Waals surface area contributed by atoms with Gasteiger partial charge in [0.1, 0.15) is 0 Å². The number of rotatable bonds is 7. The fraction of sp³-hybridized carbons (Fsp3) is 0.444. The molecule has 0 saturated heterocycles. The van der Waals surface area contributed by atoms with Gasteiger partial charge < -0.3 is 10.2 Å². The van der Waals surface area contributed by atoms with E-state index < -0.39 is 0 Å². The molecule has 1 fully saturated rings.